The number of aryl methyl sites for hydroxylation is 1. The molecule has 2 fully saturated rings. The maximum absolute atomic E-state index is 13.3. The Labute approximate surface area is 195 Å². The number of aromatic nitrogens is 1. The van der Waals surface area contributed by atoms with Gasteiger partial charge in [0.1, 0.15) is 5.56 Å². The van der Waals surface area contributed by atoms with Gasteiger partial charge in [0.05, 0.1) is 16.5 Å². The van der Waals surface area contributed by atoms with E-state index in [-0.39, 0.29) is 28.0 Å². The molecule has 0 unspecified atom stereocenters. The zero-order valence-electron chi connectivity index (χ0n) is 19.4. The van der Waals surface area contributed by atoms with Gasteiger partial charge in [0.15, 0.2) is 0 Å². The zero-order chi connectivity index (χ0) is 23.6. The molecule has 2 heterocycles. The Hall–Kier alpha value is -2.23. The normalized spacial score (nSPS) is 19.9. The molecule has 2 aliphatic rings. The van der Waals surface area contributed by atoms with Crippen molar-refractivity contribution in [3.63, 3.8) is 0 Å². The first kappa shape index (κ1) is 23.9. The first-order valence-electron chi connectivity index (χ1n) is 11.9. The van der Waals surface area contributed by atoms with Gasteiger partial charge in [-0.25, -0.2) is 8.42 Å². The van der Waals surface area contributed by atoms with Crippen molar-refractivity contribution in [1.29, 1.82) is 0 Å². The van der Waals surface area contributed by atoms with Crippen LogP contribution in [0.25, 0.3) is 10.9 Å². The highest BCUT2D eigenvalue weighted by Crippen LogP contribution is 2.27. The van der Waals surface area contributed by atoms with Crippen LogP contribution in [-0.4, -0.2) is 55.5 Å². The van der Waals surface area contributed by atoms with Crippen molar-refractivity contribution in [2.45, 2.75) is 75.5 Å². The Balaban J connectivity index is 1.68. The molecule has 180 valence electrons. The van der Waals surface area contributed by atoms with Gasteiger partial charge in [0.2, 0.25) is 15.5 Å². The number of ether oxygens (including phenoxy) is 1. The van der Waals surface area contributed by atoms with E-state index < -0.39 is 21.4 Å². The van der Waals surface area contributed by atoms with Crippen LogP contribution in [0.1, 0.15) is 62.2 Å². The lowest BCUT2D eigenvalue weighted by Crippen LogP contribution is -2.38. The van der Waals surface area contributed by atoms with Crippen molar-refractivity contribution in [1.82, 2.24) is 14.2 Å². The van der Waals surface area contributed by atoms with Gasteiger partial charge >= 0.3 is 0 Å². The lowest BCUT2D eigenvalue weighted by molar-refractivity contribution is 0.0856. The van der Waals surface area contributed by atoms with Crippen LogP contribution in [0.5, 0.6) is 0 Å². The van der Waals surface area contributed by atoms with Crippen molar-refractivity contribution in [3.8, 4) is 0 Å². The van der Waals surface area contributed by atoms with Crippen molar-refractivity contribution < 1.29 is 17.9 Å². The summed E-state index contributed by atoms with van der Waals surface area (Å²) in [6.45, 7) is 3.49. The van der Waals surface area contributed by atoms with Crippen LogP contribution < -0.4 is 10.7 Å². The van der Waals surface area contributed by atoms with Crippen molar-refractivity contribution >= 4 is 26.8 Å². The third kappa shape index (κ3) is 4.85. The van der Waals surface area contributed by atoms with Crippen LogP contribution in [0.2, 0.25) is 0 Å². The molecule has 1 amide bonds. The quantitative estimate of drug-likeness (QED) is 0.664. The molecular formula is C24H33N3O5S. The fraction of sp³-hybridized carbons (Fsp3) is 0.583. The smallest absolute Gasteiger partial charge is 0.256 e. The second kappa shape index (κ2) is 9.95. The summed E-state index contributed by atoms with van der Waals surface area (Å²) in [6, 6.07) is 4.62. The van der Waals surface area contributed by atoms with Crippen LogP contribution >= 0.6 is 0 Å². The molecule has 1 aromatic carbocycles. The Kier molecular flexibility index (Phi) is 7.21. The fourth-order valence-electron chi connectivity index (χ4n) is 4.87. The molecule has 1 aliphatic carbocycles. The molecule has 4 rings (SSSR count). The Bertz CT molecular complexity index is 1180. The second-order valence-corrected chi connectivity index (χ2v) is 11.0. The second-order valence-electron chi connectivity index (χ2n) is 9.00. The molecule has 2 aromatic rings. The van der Waals surface area contributed by atoms with Crippen molar-refractivity contribution in [3.05, 3.63) is 40.2 Å². The molecule has 9 heteroatoms. The van der Waals surface area contributed by atoms with Crippen LogP contribution in [0, 0.1) is 0 Å². The number of hydrogen-bond acceptors (Lipinski definition) is 5. The molecule has 1 saturated heterocycles. The highest BCUT2D eigenvalue weighted by atomic mass is 32.2. The summed E-state index contributed by atoms with van der Waals surface area (Å²) in [5.74, 6) is -0.466. The first-order chi connectivity index (χ1) is 15.8. The summed E-state index contributed by atoms with van der Waals surface area (Å²) < 4.78 is 35.5. The number of benzene rings is 1. The number of hydrogen-bond donors (Lipinski definition) is 1. The summed E-state index contributed by atoms with van der Waals surface area (Å²) in [6.07, 6.45) is 8.24. The van der Waals surface area contributed by atoms with Crippen LogP contribution in [0.15, 0.2) is 34.1 Å². The van der Waals surface area contributed by atoms with Gasteiger partial charge in [-0.2, -0.15) is 4.31 Å². The van der Waals surface area contributed by atoms with Crippen molar-refractivity contribution in [2.24, 2.45) is 0 Å². The SMILES string of the molecule is CCn1cc(C(=O)NC[C@@H]2CCCO2)c(=O)c2cc(S(=O)(=O)N(C)C3CCCCC3)ccc21. The molecule has 1 aliphatic heterocycles. The maximum atomic E-state index is 13.3. The lowest BCUT2D eigenvalue weighted by Gasteiger charge is -2.30. The van der Waals surface area contributed by atoms with E-state index >= 15 is 0 Å². The summed E-state index contributed by atoms with van der Waals surface area (Å²) in [5.41, 5.74) is 0.159. The number of carbonyl (C=O) groups is 1. The summed E-state index contributed by atoms with van der Waals surface area (Å²) in [7, 11) is -2.13. The Morgan fingerprint density at radius 1 is 1.18 bits per heavy atom. The zero-order valence-corrected chi connectivity index (χ0v) is 20.2. The largest absolute Gasteiger partial charge is 0.376 e. The van der Waals surface area contributed by atoms with E-state index in [2.05, 4.69) is 5.32 Å². The van der Waals surface area contributed by atoms with Crippen LogP contribution in [0.4, 0.5) is 0 Å². The topological polar surface area (TPSA) is 97.7 Å². The third-order valence-electron chi connectivity index (χ3n) is 6.92. The van der Waals surface area contributed by atoms with E-state index in [0.717, 1.165) is 44.9 Å². The third-order valence-corrected chi connectivity index (χ3v) is 8.82. The number of pyridine rings is 1. The highest BCUT2D eigenvalue weighted by Gasteiger charge is 2.30. The predicted molar refractivity (Wildman–Crippen MR) is 127 cm³/mol. The molecule has 0 radical (unpaired) electrons. The van der Waals surface area contributed by atoms with E-state index in [0.29, 0.717) is 25.2 Å². The summed E-state index contributed by atoms with van der Waals surface area (Å²) >= 11 is 0. The van der Waals surface area contributed by atoms with Gasteiger partial charge < -0.3 is 14.6 Å². The van der Waals surface area contributed by atoms with E-state index in [1.807, 2.05) is 6.92 Å². The molecule has 1 aromatic heterocycles. The monoisotopic (exact) mass is 475 g/mol. The number of rotatable bonds is 7. The lowest BCUT2D eigenvalue weighted by atomic mass is 9.96. The molecule has 1 saturated carbocycles. The minimum absolute atomic E-state index is 0.0116. The van der Waals surface area contributed by atoms with E-state index in [9.17, 15) is 18.0 Å². The highest BCUT2D eigenvalue weighted by molar-refractivity contribution is 7.89. The van der Waals surface area contributed by atoms with E-state index in [4.69, 9.17) is 4.74 Å². The number of amides is 1. The van der Waals surface area contributed by atoms with Crippen molar-refractivity contribution in [2.75, 3.05) is 20.2 Å². The molecular weight excluding hydrogens is 442 g/mol. The standard InChI is InChI=1S/C24H33N3O5S/c1-3-27-16-21(24(29)25-15-18-10-7-13-32-18)23(28)20-14-19(11-12-22(20)27)33(30,31)26(2)17-8-5-4-6-9-17/h11-12,14,16-18H,3-10,13,15H2,1-2H3,(H,25,29)/t18-/m0/s1. The van der Waals surface area contributed by atoms with Crippen LogP contribution in [-0.2, 0) is 21.3 Å². The molecule has 1 N–H and O–H groups in total. The minimum Gasteiger partial charge on any atom is -0.376 e. The number of nitrogens with zero attached hydrogens (tertiary/aromatic N) is 2. The first-order valence-corrected chi connectivity index (χ1v) is 13.3. The van der Waals surface area contributed by atoms with Gasteiger partial charge in [0.25, 0.3) is 5.91 Å². The van der Waals surface area contributed by atoms with Crippen LogP contribution in [0.3, 0.4) is 0 Å². The van der Waals surface area contributed by atoms with E-state index in [1.54, 1.807) is 29.9 Å². The maximum Gasteiger partial charge on any atom is 0.256 e. The molecule has 1 atom stereocenters. The molecule has 33 heavy (non-hydrogen) atoms. The number of sulfonamides is 1. The Morgan fingerprint density at radius 3 is 2.61 bits per heavy atom. The van der Waals surface area contributed by atoms with E-state index in [1.165, 1.54) is 10.4 Å². The number of fused-ring (bicyclic) bond motifs is 1. The molecule has 0 spiro atoms. The summed E-state index contributed by atoms with van der Waals surface area (Å²) in [4.78, 5) is 26.2. The predicted octanol–water partition coefficient (Wildman–Crippen LogP) is 2.88. The Morgan fingerprint density at radius 2 is 1.94 bits per heavy atom. The van der Waals surface area contributed by atoms with Gasteiger partial charge in [0, 0.05) is 44.4 Å². The minimum atomic E-state index is -3.75. The van der Waals surface area contributed by atoms with Gasteiger partial charge in [-0.3, -0.25) is 9.59 Å². The van der Waals surface area contributed by atoms with Gasteiger partial charge in [-0.15, -0.1) is 0 Å². The number of nitrogens with one attached hydrogen (secondary N) is 1. The average molecular weight is 476 g/mol. The molecule has 8 nitrogen and oxygen atoms in total. The van der Waals surface area contributed by atoms with Gasteiger partial charge in [-0.1, -0.05) is 19.3 Å². The fourth-order valence-corrected chi connectivity index (χ4v) is 6.32. The summed E-state index contributed by atoms with van der Waals surface area (Å²) in [5, 5.41) is 3.04. The average Bonchev–Trinajstić information content (AvgIpc) is 3.36. The van der Waals surface area contributed by atoms with Gasteiger partial charge in [-0.05, 0) is 50.8 Å². The number of carbonyl (C=O) groups excluding carboxylic acids is 1. The molecule has 0 bridgehead atoms.